The molecule has 0 radical (unpaired) electrons. The average Bonchev–Trinajstić information content (AvgIpc) is 2.38. The predicted molar refractivity (Wildman–Crippen MR) is 88.5 cm³/mol. The third-order valence-electron chi connectivity index (χ3n) is 4.04. The predicted octanol–water partition coefficient (Wildman–Crippen LogP) is 6.06. The van der Waals surface area contributed by atoms with Crippen LogP contribution in [-0.4, -0.2) is 6.04 Å². The molecule has 0 heterocycles. The zero-order valence-electron chi connectivity index (χ0n) is 13.9. The van der Waals surface area contributed by atoms with Gasteiger partial charge < -0.3 is 5.73 Å². The molecule has 0 aromatic rings. The maximum absolute atomic E-state index is 6.13. The molecule has 19 heavy (non-hydrogen) atoms. The number of hydrogen-bond donors (Lipinski definition) is 1. The van der Waals surface area contributed by atoms with E-state index in [1.165, 1.54) is 83.5 Å². The highest BCUT2D eigenvalue weighted by molar-refractivity contribution is 4.62. The molecule has 0 spiro atoms. The second-order valence-corrected chi connectivity index (χ2v) is 6.70. The van der Waals surface area contributed by atoms with Gasteiger partial charge in [0.2, 0.25) is 0 Å². The van der Waals surface area contributed by atoms with Gasteiger partial charge in [0.1, 0.15) is 0 Å². The largest absolute Gasteiger partial charge is 0.328 e. The molecule has 0 bridgehead atoms. The smallest absolute Gasteiger partial charge is 0.00389 e. The van der Waals surface area contributed by atoms with Crippen molar-refractivity contribution >= 4 is 0 Å². The van der Waals surface area contributed by atoms with Crippen LogP contribution in [0, 0.1) is 5.92 Å². The van der Waals surface area contributed by atoms with E-state index in [9.17, 15) is 0 Å². The second kappa shape index (κ2) is 14.4. The van der Waals surface area contributed by atoms with Crippen LogP contribution in [-0.2, 0) is 0 Å². The van der Waals surface area contributed by atoms with Crippen molar-refractivity contribution in [3.05, 3.63) is 0 Å². The minimum Gasteiger partial charge on any atom is -0.328 e. The lowest BCUT2D eigenvalue weighted by Crippen LogP contribution is -2.20. The van der Waals surface area contributed by atoms with Crippen molar-refractivity contribution in [2.45, 2.75) is 110 Å². The van der Waals surface area contributed by atoms with Crippen molar-refractivity contribution in [3.63, 3.8) is 0 Å². The minimum absolute atomic E-state index is 0.455. The lowest BCUT2D eigenvalue weighted by molar-refractivity contribution is 0.457. The highest BCUT2D eigenvalue weighted by atomic mass is 14.6. The molecule has 2 N–H and O–H groups in total. The summed E-state index contributed by atoms with van der Waals surface area (Å²) in [5.41, 5.74) is 6.13. The highest BCUT2D eigenvalue weighted by Crippen LogP contribution is 2.13. The van der Waals surface area contributed by atoms with Crippen LogP contribution in [0.15, 0.2) is 0 Å². The first-order valence-electron chi connectivity index (χ1n) is 8.92. The van der Waals surface area contributed by atoms with Crippen LogP contribution in [0.2, 0.25) is 0 Å². The van der Waals surface area contributed by atoms with E-state index < -0.39 is 0 Å². The Bertz CT molecular complexity index is 165. The number of unbranched alkanes of at least 4 members (excludes halogenated alkanes) is 9. The monoisotopic (exact) mass is 269 g/mol. The third kappa shape index (κ3) is 15.9. The Labute approximate surface area is 122 Å². The third-order valence-corrected chi connectivity index (χ3v) is 4.04. The van der Waals surface area contributed by atoms with Gasteiger partial charge in [-0.1, -0.05) is 85.0 Å². The van der Waals surface area contributed by atoms with E-state index in [0.717, 1.165) is 5.92 Å². The van der Waals surface area contributed by atoms with Crippen molar-refractivity contribution < 1.29 is 0 Å². The Morgan fingerprint density at radius 2 is 1.11 bits per heavy atom. The SMILES string of the molecule is CCCCCCCCCCCCC(N)CCC(C)C. The quantitative estimate of drug-likeness (QED) is 0.381. The summed E-state index contributed by atoms with van der Waals surface area (Å²) in [6.45, 7) is 6.85. The number of nitrogens with two attached hydrogens (primary N) is 1. The van der Waals surface area contributed by atoms with Crippen LogP contribution in [0.4, 0.5) is 0 Å². The molecule has 0 saturated heterocycles. The number of hydrogen-bond acceptors (Lipinski definition) is 1. The van der Waals surface area contributed by atoms with Crippen LogP contribution in [0.25, 0.3) is 0 Å². The topological polar surface area (TPSA) is 26.0 Å². The molecule has 116 valence electrons. The van der Waals surface area contributed by atoms with E-state index in [4.69, 9.17) is 5.73 Å². The van der Waals surface area contributed by atoms with Crippen molar-refractivity contribution in [3.8, 4) is 0 Å². The molecule has 1 heteroatoms. The fourth-order valence-corrected chi connectivity index (χ4v) is 2.59. The molecule has 0 aliphatic rings. The maximum Gasteiger partial charge on any atom is 0.00389 e. The van der Waals surface area contributed by atoms with Gasteiger partial charge in [-0.2, -0.15) is 0 Å². The molecule has 0 aromatic heterocycles. The molecular weight excluding hydrogens is 230 g/mol. The fraction of sp³-hybridized carbons (Fsp3) is 1.00. The summed E-state index contributed by atoms with van der Waals surface area (Å²) in [5, 5.41) is 0. The van der Waals surface area contributed by atoms with Crippen LogP contribution in [0.3, 0.4) is 0 Å². The Hall–Kier alpha value is -0.0400. The summed E-state index contributed by atoms with van der Waals surface area (Å²) in [6, 6.07) is 0.455. The van der Waals surface area contributed by atoms with E-state index in [1.807, 2.05) is 0 Å². The van der Waals surface area contributed by atoms with Gasteiger partial charge in [-0.15, -0.1) is 0 Å². The van der Waals surface area contributed by atoms with E-state index in [2.05, 4.69) is 20.8 Å². The summed E-state index contributed by atoms with van der Waals surface area (Å²) in [5.74, 6) is 0.804. The molecule has 0 aromatic carbocycles. The maximum atomic E-state index is 6.13. The van der Waals surface area contributed by atoms with Gasteiger partial charge >= 0.3 is 0 Å². The van der Waals surface area contributed by atoms with E-state index >= 15 is 0 Å². The summed E-state index contributed by atoms with van der Waals surface area (Å²) in [4.78, 5) is 0. The summed E-state index contributed by atoms with van der Waals surface area (Å²) in [7, 11) is 0. The van der Waals surface area contributed by atoms with Gasteiger partial charge in [-0.25, -0.2) is 0 Å². The second-order valence-electron chi connectivity index (χ2n) is 6.70. The standard InChI is InChI=1S/C18H39N/c1-4-5-6-7-8-9-10-11-12-13-14-18(19)16-15-17(2)3/h17-18H,4-16,19H2,1-3H3. The van der Waals surface area contributed by atoms with Gasteiger partial charge in [0.05, 0.1) is 0 Å². The van der Waals surface area contributed by atoms with E-state index in [-0.39, 0.29) is 0 Å². The zero-order chi connectivity index (χ0) is 14.3. The van der Waals surface area contributed by atoms with E-state index in [1.54, 1.807) is 0 Å². The molecule has 0 fully saturated rings. The first-order chi connectivity index (χ1) is 9.16. The lowest BCUT2D eigenvalue weighted by Gasteiger charge is -2.12. The van der Waals surface area contributed by atoms with Gasteiger partial charge in [0.25, 0.3) is 0 Å². The van der Waals surface area contributed by atoms with E-state index in [0.29, 0.717) is 6.04 Å². The van der Waals surface area contributed by atoms with Gasteiger partial charge in [-0.3, -0.25) is 0 Å². The van der Waals surface area contributed by atoms with Gasteiger partial charge in [0, 0.05) is 6.04 Å². The zero-order valence-corrected chi connectivity index (χ0v) is 13.9. The normalized spacial score (nSPS) is 13.1. The lowest BCUT2D eigenvalue weighted by atomic mass is 9.99. The molecule has 0 saturated carbocycles. The number of rotatable bonds is 14. The molecule has 0 rings (SSSR count). The highest BCUT2D eigenvalue weighted by Gasteiger charge is 2.03. The Kier molecular flexibility index (Phi) is 14.3. The summed E-state index contributed by atoms with van der Waals surface area (Å²) in [6.07, 6.45) is 17.9. The van der Waals surface area contributed by atoms with Crippen molar-refractivity contribution in [2.24, 2.45) is 11.7 Å². The minimum atomic E-state index is 0.455. The molecule has 1 atom stereocenters. The van der Waals surface area contributed by atoms with Crippen molar-refractivity contribution in [2.75, 3.05) is 0 Å². The molecule has 0 aliphatic heterocycles. The average molecular weight is 270 g/mol. The fourth-order valence-electron chi connectivity index (χ4n) is 2.59. The molecule has 1 unspecified atom stereocenters. The van der Waals surface area contributed by atoms with Crippen LogP contribution in [0.1, 0.15) is 104 Å². The first kappa shape index (κ1) is 19.0. The van der Waals surface area contributed by atoms with Crippen LogP contribution in [0.5, 0.6) is 0 Å². The first-order valence-corrected chi connectivity index (χ1v) is 8.92. The summed E-state index contributed by atoms with van der Waals surface area (Å²) >= 11 is 0. The molecular formula is C18H39N. The van der Waals surface area contributed by atoms with Crippen LogP contribution < -0.4 is 5.73 Å². The van der Waals surface area contributed by atoms with Gasteiger partial charge in [-0.05, 0) is 25.2 Å². The Balaban J connectivity index is 3.09. The Morgan fingerprint density at radius 1 is 0.632 bits per heavy atom. The van der Waals surface area contributed by atoms with Gasteiger partial charge in [0.15, 0.2) is 0 Å². The van der Waals surface area contributed by atoms with Crippen LogP contribution >= 0.6 is 0 Å². The summed E-state index contributed by atoms with van der Waals surface area (Å²) < 4.78 is 0. The Morgan fingerprint density at radius 3 is 1.58 bits per heavy atom. The van der Waals surface area contributed by atoms with Crippen molar-refractivity contribution in [1.82, 2.24) is 0 Å². The molecule has 0 amide bonds. The molecule has 1 nitrogen and oxygen atoms in total. The molecule has 0 aliphatic carbocycles. The van der Waals surface area contributed by atoms with Crippen molar-refractivity contribution in [1.29, 1.82) is 0 Å².